The van der Waals surface area contributed by atoms with E-state index in [0.717, 1.165) is 36.8 Å². The van der Waals surface area contributed by atoms with Gasteiger partial charge in [-0.25, -0.2) is 0 Å². The van der Waals surface area contributed by atoms with E-state index in [2.05, 4.69) is 11.9 Å². The second-order valence-electron chi connectivity index (χ2n) is 7.27. The van der Waals surface area contributed by atoms with E-state index < -0.39 is 0 Å². The molecule has 0 radical (unpaired) electrons. The molecule has 0 bridgehead atoms. The number of pyridine rings is 1. The van der Waals surface area contributed by atoms with Gasteiger partial charge >= 0.3 is 0 Å². The minimum Gasteiger partial charge on any atom is -0.486 e. The molecule has 0 saturated carbocycles. The molecular formula is C20H24N2O4. The zero-order valence-electron chi connectivity index (χ0n) is 15.0. The minimum absolute atomic E-state index is 0.138. The maximum atomic E-state index is 12.4. The fourth-order valence-electron chi connectivity index (χ4n) is 3.63. The average Bonchev–Trinajstić information content (AvgIpc) is 2.65. The molecule has 6 nitrogen and oxygen atoms in total. The van der Waals surface area contributed by atoms with Crippen molar-refractivity contribution in [1.29, 1.82) is 0 Å². The number of benzene rings is 1. The summed E-state index contributed by atoms with van der Waals surface area (Å²) in [5.41, 5.74) is 1.21. The Morgan fingerprint density at radius 1 is 1.15 bits per heavy atom. The van der Waals surface area contributed by atoms with Crippen LogP contribution in [0.2, 0.25) is 0 Å². The number of nitrogens with one attached hydrogen (secondary N) is 1. The number of hydrogen-bond donors (Lipinski definition) is 1. The van der Waals surface area contributed by atoms with Crippen molar-refractivity contribution in [3.05, 3.63) is 34.1 Å². The van der Waals surface area contributed by atoms with Crippen LogP contribution in [0.4, 0.5) is 0 Å². The number of aryl methyl sites for hydroxylation is 1. The SMILES string of the molecule is CC1CCN(C(=O)CCc2cc3cc4c(cc3[nH]c2=O)OCCO4)CC1. The Hall–Kier alpha value is -2.50. The van der Waals surface area contributed by atoms with Gasteiger partial charge in [0.2, 0.25) is 5.91 Å². The van der Waals surface area contributed by atoms with E-state index >= 15 is 0 Å². The molecule has 2 aliphatic heterocycles. The standard InChI is InChI=1S/C20H24N2O4/c1-13-4-6-22(7-5-13)19(23)3-2-14-10-15-11-17-18(26-9-8-25-17)12-16(15)21-20(14)24/h10-13H,2-9H2,1H3,(H,21,24). The first-order valence-electron chi connectivity index (χ1n) is 9.33. The Labute approximate surface area is 152 Å². The number of ether oxygens (including phenoxy) is 2. The lowest BCUT2D eigenvalue weighted by Crippen LogP contribution is -2.38. The molecule has 1 amide bonds. The largest absolute Gasteiger partial charge is 0.486 e. The van der Waals surface area contributed by atoms with E-state index in [0.29, 0.717) is 49.0 Å². The number of fused-ring (bicyclic) bond motifs is 2. The smallest absolute Gasteiger partial charge is 0.251 e. The molecule has 1 aromatic carbocycles. The van der Waals surface area contributed by atoms with Crippen LogP contribution in [0.1, 0.15) is 31.7 Å². The second kappa shape index (κ2) is 7.02. The Kier molecular flexibility index (Phi) is 4.57. The van der Waals surface area contributed by atoms with Crippen LogP contribution in [0.5, 0.6) is 11.5 Å². The van der Waals surface area contributed by atoms with E-state index in [1.807, 2.05) is 17.0 Å². The van der Waals surface area contributed by atoms with Gasteiger partial charge in [0.15, 0.2) is 11.5 Å². The molecule has 1 saturated heterocycles. The summed E-state index contributed by atoms with van der Waals surface area (Å²) >= 11 is 0. The predicted octanol–water partition coefficient (Wildman–Crippen LogP) is 2.49. The summed E-state index contributed by atoms with van der Waals surface area (Å²) < 4.78 is 11.2. The van der Waals surface area contributed by atoms with Gasteiger partial charge in [0.25, 0.3) is 5.56 Å². The van der Waals surface area contributed by atoms with Gasteiger partial charge in [-0.05, 0) is 37.3 Å². The number of carbonyl (C=O) groups excluding carboxylic acids is 1. The van der Waals surface area contributed by atoms with Crippen LogP contribution in [-0.4, -0.2) is 42.1 Å². The van der Waals surface area contributed by atoms with Gasteiger partial charge in [0, 0.05) is 36.5 Å². The quantitative estimate of drug-likeness (QED) is 0.917. The van der Waals surface area contributed by atoms with Crippen molar-refractivity contribution in [3.8, 4) is 11.5 Å². The zero-order valence-corrected chi connectivity index (χ0v) is 15.0. The highest BCUT2D eigenvalue weighted by atomic mass is 16.6. The normalized spacial score (nSPS) is 17.5. The molecule has 1 aromatic heterocycles. The topological polar surface area (TPSA) is 71.6 Å². The van der Waals surface area contributed by atoms with Gasteiger partial charge in [-0.2, -0.15) is 0 Å². The highest BCUT2D eigenvalue weighted by molar-refractivity contribution is 5.83. The number of likely N-dealkylation sites (tertiary alicyclic amines) is 1. The van der Waals surface area contributed by atoms with E-state index in [1.54, 1.807) is 6.07 Å². The Morgan fingerprint density at radius 2 is 1.85 bits per heavy atom. The summed E-state index contributed by atoms with van der Waals surface area (Å²) in [7, 11) is 0. The minimum atomic E-state index is -0.144. The van der Waals surface area contributed by atoms with E-state index in [-0.39, 0.29) is 11.5 Å². The van der Waals surface area contributed by atoms with Gasteiger partial charge in [-0.3, -0.25) is 9.59 Å². The summed E-state index contributed by atoms with van der Waals surface area (Å²) in [5.74, 6) is 2.18. The number of H-pyrrole nitrogens is 1. The van der Waals surface area contributed by atoms with E-state index in [4.69, 9.17) is 9.47 Å². The molecule has 1 fully saturated rings. The first-order chi connectivity index (χ1) is 12.6. The van der Waals surface area contributed by atoms with Crippen molar-refractivity contribution < 1.29 is 14.3 Å². The van der Waals surface area contributed by atoms with Crippen LogP contribution in [0.15, 0.2) is 23.0 Å². The van der Waals surface area contributed by atoms with Crippen LogP contribution in [-0.2, 0) is 11.2 Å². The number of nitrogens with zero attached hydrogens (tertiary/aromatic N) is 1. The first kappa shape index (κ1) is 16.9. The van der Waals surface area contributed by atoms with Crippen molar-refractivity contribution in [2.45, 2.75) is 32.6 Å². The number of carbonyl (C=O) groups is 1. The number of aromatic amines is 1. The van der Waals surface area contributed by atoms with Crippen LogP contribution in [0.3, 0.4) is 0 Å². The fraction of sp³-hybridized carbons (Fsp3) is 0.500. The van der Waals surface area contributed by atoms with Crippen molar-refractivity contribution in [3.63, 3.8) is 0 Å². The molecular weight excluding hydrogens is 332 g/mol. The molecule has 0 unspecified atom stereocenters. The van der Waals surface area contributed by atoms with Gasteiger partial charge in [0.05, 0.1) is 5.52 Å². The van der Waals surface area contributed by atoms with Gasteiger partial charge in [-0.15, -0.1) is 0 Å². The predicted molar refractivity (Wildman–Crippen MR) is 98.9 cm³/mol. The maximum Gasteiger partial charge on any atom is 0.251 e. The van der Waals surface area contributed by atoms with Crippen LogP contribution in [0.25, 0.3) is 10.9 Å². The van der Waals surface area contributed by atoms with Crippen molar-refractivity contribution >= 4 is 16.8 Å². The van der Waals surface area contributed by atoms with Crippen LogP contribution < -0.4 is 15.0 Å². The molecule has 2 aromatic rings. The molecule has 1 N–H and O–H groups in total. The summed E-state index contributed by atoms with van der Waals surface area (Å²) in [5, 5.41) is 0.892. The summed E-state index contributed by atoms with van der Waals surface area (Å²) in [6.45, 7) is 4.93. The first-order valence-corrected chi connectivity index (χ1v) is 9.33. The number of hydrogen-bond acceptors (Lipinski definition) is 4. The number of rotatable bonds is 3. The lowest BCUT2D eigenvalue weighted by Gasteiger charge is -2.30. The van der Waals surface area contributed by atoms with Crippen molar-refractivity contribution in [1.82, 2.24) is 9.88 Å². The molecule has 2 aliphatic rings. The molecule has 138 valence electrons. The summed E-state index contributed by atoms with van der Waals surface area (Å²) in [6.07, 6.45) is 2.95. The highest BCUT2D eigenvalue weighted by Gasteiger charge is 2.20. The third kappa shape index (κ3) is 3.41. The van der Waals surface area contributed by atoms with Gasteiger partial charge in [-0.1, -0.05) is 6.92 Å². The molecule has 4 rings (SSSR count). The van der Waals surface area contributed by atoms with Gasteiger partial charge < -0.3 is 19.4 Å². The molecule has 0 spiro atoms. The van der Waals surface area contributed by atoms with E-state index in [1.165, 1.54) is 0 Å². The molecule has 6 heteroatoms. The molecule has 26 heavy (non-hydrogen) atoms. The molecule has 0 aliphatic carbocycles. The zero-order chi connectivity index (χ0) is 18.1. The maximum absolute atomic E-state index is 12.4. The lowest BCUT2D eigenvalue weighted by molar-refractivity contribution is -0.132. The van der Waals surface area contributed by atoms with E-state index in [9.17, 15) is 9.59 Å². The van der Waals surface area contributed by atoms with Crippen molar-refractivity contribution in [2.75, 3.05) is 26.3 Å². The fourth-order valence-corrected chi connectivity index (χ4v) is 3.63. The highest BCUT2D eigenvalue weighted by Crippen LogP contribution is 2.33. The second-order valence-corrected chi connectivity index (χ2v) is 7.27. The molecule has 0 atom stereocenters. The Balaban J connectivity index is 1.50. The van der Waals surface area contributed by atoms with Crippen LogP contribution >= 0.6 is 0 Å². The average molecular weight is 356 g/mol. The lowest BCUT2D eigenvalue weighted by atomic mass is 9.98. The van der Waals surface area contributed by atoms with Gasteiger partial charge in [0.1, 0.15) is 13.2 Å². The number of piperidine rings is 1. The summed E-state index contributed by atoms with van der Waals surface area (Å²) in [4.78, 5) is 29.6. The summed E-state index contributed by atoms with van der Waals surface area (Å²) in [6, 6.07) is 5.55. The molecule has 3 heterocycles. The Bertz CT molecular complexity index is 881. The monoisotopic (exact) mass is 356 g/mol. The number of aromatic nitrogens is 1. The van der Waals surface area contributed by atoms with Crippen molar-refractivity contribution in [2.24, 2.45) is 5.92 Å². The Morgan fingerprint density at radius 3 is 2.58 bits per heavy atom. The number of amides is 1. The van der Waals surface area contributed by atoms with Crippen LogP contribution in [0, 0.1) is 5.92 Å². The third-order valence-corrected chi connectivity index (χ3v) is 5.33. The third-order valence-electron chi connectivity index (χ3n) is 5.33.